The Kier molecular flexibility index (Phi) is 4.85. The first-order chi connectivity index (χ1) is 9.31. The summed E-state index contributed by atoms with van der Waals surface area (Å²) in [5, 5.41) is 0. The van der Waals surface area contributed by atoms with Gasteiger partial charge in [-0.3, -0.25) is 9.78 Å². The monoisotopic (exact) mass is 253 g/mol. The molecule has 0 spiro atoms. The fraction of sp³-hybridized carbons (Fsp3) is 0.294. The lowest BCUT2D eigenvalue weighted by Gasteiger charge is -2.03. The second kappa shape index (κ2) is 6.83. The van der Waals surface area contributed by atoms with Crippen LogP contribution in [0, 0.1) is 0 Å². The number of rotatable bonds is 6. The summed E-state index contributed by atoms with van der Waals surface area (Å²) in [6.45, 7) is 2.20. The van der Waals surface area contributed by atoms with Crippen molar-refractivity contribution in [2.75, 3.05) is 0 Å². The highest BCUT2D eigenvalue weighted by Gasteiger charge is 2.08. The molecule has 0 amide bonds. The topological polar surface area (TPSA) is 30.0 Å². The molecule has 0 aliphatic carbocycles. The van der Waals surface area contributed by atoms with Gasteiger partial charge < -0.3 is 0 Å². The molecule has 2 aromatic rings. The van der Waals surface area contributed by atoms with E-state index < -0.39 is 0 Å². The van der Waals surface area contributed by atoms with Gasteiger partial charge in [-0.2, -0.15) is 0 Å². The van der Waals surface area contributed by atoms with E-state index in [0.29, 0.717) is 5.56 Å². The number of ketones is 1. The van der Waals surface area contributed by atoms with E-state index in [4.69, 9.17) is 0 Å². The molecule has 0 atom stereocenters. The van der Waals surface area contributed by atoms with E-state index in [-0.39, 0.29) is 5.78 Å². The third-order valence-corrected chi connectivity index (χ3v) is 3.21. The van der Waals surface area contributed by atoms with Crippen molar-refractivity contribution < 1.29 is 4.79 Å². The molecule has 0 saturated carbocycles. The predicted octanol–water partition coefficient (Wildman–Crippen LogP) is 4.05. The largest absolute Gasteiger partial charge is 0.289 e. The molecule has 19 heavy (non-hydrogen) atoms. The summed E-state index contributed by atoms with van der Waals surface area (Å²) in [4.78, 5) is 16.2. The third kappa shape index (κ3) is 3.75. The molecule has 0 radical (unpaired) electrons. The van der Waals surface area contributed by atoms with Gasteiger partial charge in [-0.05, 0) is 30.5 Å². The van der Waals surface area contributed by atoms with E-state index in [1.807, 2.05) is 12.1 Å². The molecular weight excluding hydrogens is 234 g/mol. The lowest BCUT2D eigenvalue weighted by atomic mass is 10.0. The maximum atomic E-state index is 12.2. The average molecular weight is 253 g/mol. The van der Waals surface area contributed by atoms with Gasteiger partial charge in [0.05, 0.1) is 0 Å². The molecule has 2 heteroatoms. The van der Waals surface area contributed by atoms with Crippen LogP contribution in [-0.4, -0.2) is 10.8 Å². The number of pyridine rings is 1. The number of aromatic nitrogens is 1. The van der Waals surface area contributed by atoms with Crippen LogP contribution >= 0.6 is 0 Å². The molecule has 2 nitrogen and oxygen atoms in total. The first kappa shape index (κ1) is 13.5. The molecule has 1 aromatic heterocycles. The molecule has 0 aliphatic rings. The van der Waals surface area contributed by atoms with E-state index in [1.165, 1.54) is 24.8 Å². The summed E-state index contributed by atoms with van der Waals surface area (Å²) < 4.78 is 0. The van der Waals surface area contributed by atoms with E-state index in [1.54, 1.807) is 24.5 Å². The van der Waals surface area contributed by atoms with Gasteiger partial charge in [0.15, 0.2) is 5.78 Å². The predicted molar refractivity (Wildman–Crippen MR) is 77.3 cm³/mol. The van der Waals surface area contributed by atoms with Crippen LogP contribution in [0.1, 0.15) is 47.7 Å². The second-order valence-electron chi connectivity index (χ2n) is 4.72. The number of hydrogen-bond acceptors (Lipinski definition) is 2. The van der Waals surface area contributed by atoms with E-state index in [9.17, 15) is 4.79 Å². The first-order valence-electron chi connectivity index (χ1n) is 6.85. The van der Waals surface area contributed by atoms with Gasteiger partial charge in [0.1, 0.15) is 0 Å². The van der Waals surface area contributed by atoms with Crippen molar-refractivity contribution in [3.05, 3.63) is 65.5 Å². The summed E-state index contributed by atoms with van der Waals surface area (Å²) in [6.07, 6.45) is 8.08. The van der Waals surface area contributed by atoms with Crippen LogP contribution in [-0.2, 0) is 6.42 Å². The van der Waals surface area contributed by atoms with E-state index >= 15 is 0 Å². The molecule has 0 bridgehead atoms. The van der Waals surface area contributed by atoms with Crippen LogP contribution < -0.4 is 0 Å². The van der Waals surface area contributed by atoms with Crippen molar-refractivity contribution in [2.24, 2.45) is 0 Å². The first-order valence-corrected chi connectivity index (χ1v) is 6.85. The number of carbonyl (C=O) groups excluding carboxylic acids is 1. The number of nitrogens with zero attached hydrogens (tertiary/aromatic N) is 1. The number of hydrogen-bond donors (Lipinski definition) is 0. The normalized spacial score (nSPS) is 10.4. The zero-order valence-electron chi connectivity index (χ0n) is 11.3. The van der Waals surface area contributed by atoms with E-state index in [0.717, 1.165) is 12.0 Å². The van der Waals surface area contributed by atoms with E-state index in [2.05, 4.69) is 24.0 Å². The SMILES string of the molecule is CCCCCc1ccc(C(=O)c2cccnc2)cc1. The van der Waals surface area contributed by atoms with Crippen LogP contribution in [0.25, 0.3) is 0 Å². The average Bonchev–Trinajstić information content (AvgIpc) is 2.48. The van der Waals surface area contributed by atoms with Crippen molar-refractivity contribution in [3.63, 3.8) is 0 Å². The highest BCUT2D eigenvalue weighted by atomic mass is 16.1. The summed E-state index contributed by atoms with van der Waals surface area (Å²) in [6, 6.07) is 11.5. The molecule has 98 valence electrons. The lowest BCUT2D eigenvalue weighted by molar-refractivity contribution is 0.103. The third-order valence-electron chi connectivity index (χ3n) is 3.21. The fourth-order valence-corrected chi connectivity index (χ4v) is 2.07. The lowest BCUT2D eigenvalue weighted by Crippen LogP contribution is -2.01. The summed E-state index contributed by atoms with van der Waals surface area (Å²) >= 11 is 0. The fourth-order valence-electron chi connectivity index (χ4n) is 2.07. The number of aryl methyl sites for hydroxylation is 1. The molecule has 1 aromatic carbocycles. The van der Waals surface area contributed by atoms with Crippen LogP contribution in [0.3, 0.4) is 0 Å². The van der Waals surface area contributed by atoms with Crippen LogP contribution in [0.4, 0.5) is 0 Å². The van der Waals surface area contributed by atoms with Crippen LogP contribution in [0.15, 0.2) is 48.8 Å². The van der Waals surface area contributed by atoms with Gasteiger partial charge >= 0.3 is 0 Å². The highest BCUT2D eigenvalue weighted by Crippen LogP contribution is 2.12. The van der Waals surface area contributed by atoms with Gasteiger partial charge in [-0.1, -0.05) is 44.0 Å². The Morgan fingerprint density at radius 1 is 1.05 bits per heavy atom. The smallest absolute Gasteiger partial charge is 0.194 e. The number of benzene rings is 1. The van der Waals surface area contributed by atoms with Gasteiger partial charge in [0, 0.05) is 23.5 Å². The minimum atomic E-state index is 0.0354. The standard InChI is InChI=1S/C17H19NO/c1-2-3-4-6-14-8-10-15(11-9-14)17(19)16-7-5-12-18-13-16/h5,7-13H,2-4,6H2,1H3. The Morgan fingerprint density at radius 2 is 1.84 bits per heavy atom. The zero-order valence-corrected chi connectivity index (χ0v) is 11.3. The minimum Gasteiger partial charge on any atom is -0.289 e. The van der Waals surface area contributed by atoms with Gasteiger partial charge in [0.25, 0.3) is 0 Å². The summed E-state index contributed by atoms with van der Waals surface area (Å²) in [5.41, 5.74) is 2.67. The molecular formula is C17H19NO. The van der Waals surface area contributed by atoms with Crippen molar-refractivity contribution >= 4 is 5.78 Å². The van der Waals surface area contributed by atoms with Crippen molar-refractivity contribution in [3.8, 4) is 0 Å². The van der Waals surface area contributed by atoms with Crippen molar-refractivity contribution in [1.29, 1.82) is 0 Å². The molecule has 0 aliphatic heterocycles. The Bertz CT molecular complexity index is 517. The minimum absolute atomic E-state index is 0.0354. The number of carbonyl (C=O) groups is 1. The highest BCUT2D eigenvalue weighted by molar-refractivity contribution is 6.08. The molecule has 0 fully saturated rings. The van der Waals surface area contributed by atoms with Gasteiger partial charge in [-0.25, -0.2) is 0 Å². The molecule has 1 heterocycles. The van der Waals surface area contributed by atoms with Crippen LogP contribution in [0.2, 0.25) is 0 Å². The molecule has 0 N–H and O–H groups in total. The van der Waals surface area contributed by atoms with Gasteiger partial charge in [-0.15, -0.1) is 0 Å². The second-order valence-corrected chi connectivity index (χ2v) is 4.72. The van der Waals surface area contributed by atoms with Crippen LogP contribution in [0.5, 0.6) is 0 Å². The Labute approximate surface area is 114 Å². The Hall–Kier alpha value is -1.96. The molecule has 0 unspecified atom stereocenters. The zero-order chi connectivity index (χ0) is 13.5. The van der Waals surface area contributed by atoms with Crippen molar-refractivity contribution in [2.45, 2.75) is 32.6 Å². The maximum absolute atomic E-state index is 12.2. The Morgan fingerprint density at radius 3 is 2.47 bits per heavy atom. The Balaban J connectivity index is 2.04. The summed E-state index contributed by atoms with van der Waals surface area (Å²) in [7, 11) is 0. The van der Waals surface area contributed by atoms with Crippen molar-refractivity contribution in [1.82, 2.24) is 4.98 Å². The summed E-state index contributed by atoms with van der Waals surface area (Å²) in [5.74, 6) is 0.0354. The van der Waals surface area contributed by atoms with Gasteiger partial charge in [0.2, 0.25) is 0 Å². The quantitative estimate of drug-likeness (QED) is 0.574. The number of unbranched alkanes of at least 4 members (excludes halogenated alkanes) is 2. The molecule has 2 rings (SSSR count). The molecule has 0 saturated heterocycles. The maximum Gasteiger partial charge on any atom is 0.194 e.